The number of aromatic carboxylic acids is 2. The number of ether oxygens (including phenoxy) is 1. The van der Waals surface area contributed by atoms with Crippen LogP contribution in [-0.2, 0) is 16.1 Å². The van der Waals surface area contributed by atoms with Crippen molar-refractivity contribution in [1.82, 2.24) is 10.0 Å². The molecule has 1 unspecified atom stereocenters. The average Bonchev–Trinajstić information content (AvgIpc) is 2.60. The molecule has 0 saturated carbocycles. The zero-order chi connectivity index (χ0) is 19.3. The van der Waals surface area contributed by atoms with E-state index in [1.54, 1.807) is 5.01 Å². The van der Waals surface area contributed by atoms with Crippen LogP contribution in [0.3, 0.4) is 0 Å². The maximum absolute atomic E-state index is 11.3. The molecule has 2 rings (SSSR count). The van der Waals surface area contributed by atoms with Gasteiger partial charge in [0.2, 0.25) is 0 Å². The minimum atomic E-state index is -1.34. The van der Waals surface area contributed by atoms with Crippen LogP contribution in [0.4, 0.5) is 0 Å². The van der Waals surface area contributed by atoms with Gasteiger partial charge in [-0.15, -0.1) is 0 Å². The Labute approximate surface area is 150 Å². The van der Waals surface area contributed by atoms with E-state index in [0.29, 0.717) is 25.3 Å². The van der Waals surface area contributed by atoms with Crippen LogP contribution in [0.25, 0.3) is 0 Å². The summed E-state index contributed by atoms with van der Waals surface area (Å²) < 4.78 is 5.60. The molecule has 1 aromatic rings. The molecule has 9 nitrogen and oxygen atoms in total. The van der Waals surface area contributed by atoms with Gasteiger partial charge in [0.1, 0.15) is 6.54 Å². The summed E-state index contributed by atoms with van der Waals surface area (Å²) in [5.74, 6) is -3.67. The first-order valence-electron chi connectivity index (χ1n) is 8.24. The molecule has 1 saturated heterocycles. The Morgan fingerprint density at radius 2 is 1.88 bits per heavy atom. The molecule has 142 valence electrons. The van der Waals surface area contributed by atoms with Gasteiger partial charge in [-0.2, -0.15) is 0 Å². The van der Waals surface area contributed by atoms with Crippen LogP contribution < -0.4 is 0 Å². The predicted octanol–water partition coefficient (Wildman–Crippen LogP) is 0.995. The Morgan fingerprint density at radius 1 is 1.19 bits per heavy atom. The van der Waals surface area contributed by atoms with Gasteiger partial charge < -0.3 is 20.1 Å². The summed E-state index contributed by atoms with van der Waals surface area (Å²) in [6.07, 6.45) is 0.803. The van der Waals surface area contributed by atoms with Crippen molar-refractivity contribution in [3.8, 4) is 0 Å². The Hall–Kier alpha value is -2.49. The number of carbonyl (C=O) groups is 3. The van der Waals surface area contributed by atoms with Crippen LogP contribution in [-0.4, -0.2) is 75.6 Å². The second-order valence-corrected chi connectivity index (χ2v) is 6.02. The molecule has 0 bridgehead atoms. The molecule has 0 spiro atoms. The average molecular weight is 366 g/mol. The molecule has 1 aliphatic heterocycles. The smallest absolute Gasteiger partial charge is 0.336 e. The molecule has 1 fully saturated rings. The highest BCUT2D eigenvalue weighted by atomic mass is 16.5. The topological polar surface area (TPSA) is 128 Å². The Morgan fingerprint density at radius 3 is 2.46 bits per heavy atom. The lowest BCUT2D eigenvalue weighted by molar-refractivity contribution is -0.156. The molecule has 3 N–H and O–H groups in total. The van der Waals surface area contributed by atoms with Gasteiger partial charge in [-0.05, 0) is 24.1 Å². The number of hydrogen-bond donors (Lipinski definition) is 3. The van der Waals surface area contributed by atoms with Crippen LogP contribution in [0, 0.1) is 0 Å². The number of rotatable bonds is 8. The summed E-state index contributed by atoms with van der Waals surface area (Å²) in [6, 6.07) is 4.01. The van der Waals surface area contributed by atoms with E-state index in [4.69, 9.17) is 9.84 Å². The monoisotopic (exact) mass is 366 g/mol. The largest absolute Gasteiger partial charge is 0.480 e. The minimum Gasteiger partial charge on any atom is -0.480 e. The molecular weight excluding hydrogens is 344 g/mol. The van der Waals surface area contributed by atoms with Crippen molar-refractivity contribution in [3.05, 3.63) is 34.9 Å². The summed E-state index contributed by atoms with van der Waals surface area (Å²) in [7, 11) is 0. The molecule has 1 heterocycles. The fraction of sp³-hybridized carbons (Fsp3) is 0.471. The lowest BCUT2D eigenvalue weighted by Crippen LogP contribution is -2.52. The Bertz CT molecular complexity index is 692. The number of aliphatic carboxylic acids is 1. The van der Waals surface area contributed by atoms with Crippen molar-refractivity contribution in [1.29, 1.82) is 0 Å². The Balaban J connectivity index is 2.25. The summed E-state index contributed by atoms with van der Waals surface area (Å²) >= 11 is 0. The van der Waals surface area contributed by atoms with E-state index in [1.165, 1.54) is 18.2 Å². The van der Waals surface area contributed by atoms with Crippen LogP contribution in [0.15, 0.2) is 18.2 Å². The second kappa shape index (κ2) is 8.75. The molecule has 0 amide bonds. The molecule has 26 heavy (non-hydrogen) atoms. The van der Waals surface area contributed by atoms with Gasteiger partial charge in [0.25, 0.3) is 0 Å². The molecule has 1 aromatic carbocycles. The van der Waals surface area contributed by atoms with Crippen molar-refractivity contribution in [2.45, 2.75) is 26.0 Å². The number of carboxylic acid groups (broad SMARTS) is 3. The van der Waals surface area contributed by atoms with E-state index in [-0.39, 0.29) is 30.3 Å². The highest BCUT2D eigenvalue weighted by Gasteiger charge is 2.26. The minimum absolute atomic E-state index is 0.00371. The zero-order valence-electron chi connectivity index (χ0n) is 14.4. The second-order valence-electron chi connectivity index (χ2n) is 6.02. The quantitative estimate of drug-likeness (QED) is 0.617. The van der Waals surface area contributed by atoms with E-state index >= 15 is 0 Å². The molecule has 0 aromatic heterocycles. The highest BCUT2D eigenvalue weighted by molar-refractivity contribution is 6.01. The highest BCUT2D eigenvalue weighted by Crippen LogP contribution is 2.17. The van der Waals surface area contributed by atoms with E-state index in [1.807, 2.05) is 11.9 Å². The first kappa shape index (κ1) is 19.8. The molecule has 0 aliphatic carbocycles. The van der Waals surface area contributed by atoms with Crippen molar-refractivity contribution in [2.75, 3.05) is 26.2 Å². The summed E-state index contributed by atoms with van der Waals surface area (Å²) in [5, 5.41) is 31.0. The van der Waals surface area contributed by atoms with Crippen LogP contribution in [0.5, 0.6) is 0 Å². The van der Waals surface area contributed by atoms with Crippen LogP contribution in [0.1, 0.15) is 39.6 Å². The van der Waals surface area contributed by atoms with Gasteiger partial charge in [0.15, 0.2) is 0 Å². The third kappa shape index (κ3) is 5.01. The molecule has 1 atom stereocenters. The van der Waals surface area contributed by atoms with Crippen LogP contribution in [0.2, 0.25) is 0 Å². The van der Waals surface area contributed by atoms with Crippen molar-refractivity contribution in [3.63, 3.8) is 0 Å². The lowest BCUT2D eigenvalue weighted by Gasteiger charge is -2.39. The standard InChI is InChI=1S/C17H22N2O7/c1-2-12-9-18(5-6-26-12)19(10-15(20)21)8-11-3-4-13(16(22)23)14(7-11)17(24)25/h3-4,7,12H,2,5-6,8-10H2,1H3,(H,20,21)(H,22,23)(H,24,25). The van der Waals surface area contributed by atoms with Gasteiger partial charge in [-0.25, -0.2) is 19.6 Å². The van der Waals surface area contributed by atoms with Gasteiger partial charge in [-0.1, -0.05) is 13.0 Å². The van der Waals surface area contributed by atoms with E-state index in [9.17, 15) is 24.6 Å². The SMILES string of the molecule is CCC1CN(N(CC(=O)O)Cc2ccc(C(=O)O)c(C(=O)O)c2)CCO1. The number of morpholine rings is 1. The normalized spacial score (nSPS) is 18.0. The summed E-state index contributed by atoms with van der Waals surface area (Å²) in [5.41, 5.74) is -0.102. The maximum Gasteiger partial charge on any atom is 0.336 e. The van der Waals surface area contributed by atoms with Gasteiger partial charge >= 0.3 is 17.9 Å². The fourth-order valence-corrected chi connectivity index (χ4v) is 2.88. The first-order valence-corrected chi connectivity index (χ1v) is 8.24. The number of hydrazine groups is 1. The lowest BCUT2D eigenvalue weighted by atomic mass is 10.0. The Kier molecular flexibility index (Phi) is 6.67. The molecule has 0 radical (unpaired) electrons. The fourth-order valence-electron chi connectivity index (χ4n) is 2.88. The third-order valence-corrected chi connectivity index (χ3v) is 4.20. The number of carboxylic acids is 3. The van der Waals surface area contributed by atoms with Crippen molar-refractivity contribution >= 4 is 17.9 Å². The number of hydrogen-bond acceptors (Lipinski definition) is 6. The van der Waals surface area contributed by atoms with Gasteiger partial charge in [0.05, 0.1) is 23.8 Å². The molecular formula is C17H22N2O7. The van der Waals surface area contributed by atoms with E-state index in [0.717, 1.165) is 6.42 Å². The molecule has 1 aliphatic rings. The zero-order valence-corrected chi connectivity index (χ0v) is 14.4. The third-order valence-electron chi connectivity index (χ3n) is 4.20. The number of nitrogens with zero attached hydrogens (tertiary/aromatic N) is 2. The number of benzene rings is 1. The van der Waals surface area contributed by atoms with Crippen molar-refractivity contribution < 1.29 is 34.4 Å². The predicted molar refractivity (Wildman–Crippen MR) is 90.0 cm³/mol. The summed E-state index contributed by atoms with van der Waals surface area (Å²) in [6.45, 7) is 3.44. The molecule has 9 heteroatoms. The van der Waals surface area contributed by atoms with E-state index in [2.05, 4.69) is 0 Å². The van der Waals surface area contributed by atoms with Gasteiger partial charge in [0, 0.05) is 19.6 Å². The van der Waals surface area contributed by atoms with Crippen molar-refractivity contribution in [2.24, 2.45) is 0 Å². The van der Waals surface area contributed by atoms with Crippen LogP contribution >= 0.6 is 0 Å². The van der Waals surface area contributed by atoms with Gasteiger partial charge in [-0.3, -0.25) is 4.79 Å². The first-order chi connectivity index (χ1) is 12.3. The maximum atomic E-state index is 11.3. The van der Waals surface area contributed by atoms with E-state index < -0.39 is 17.9 Å². The summed E-state index contributed by atoms with van der Waals surface area (Å²) in [4.78, 5) is 33.7.